The van der Waals surface area contributed by atoms with Crippen LogP contribution in [-0.4, -0.2) is 17.5 Å². The van der Waals surface area contributed by atoms with Crippen LogP contribution in [0.15, 0.2) is 40.5 Å². The lowest BCUT2D eigenvalue weighted by molar-refractivity contribution is -0.108. The molecule has 0 amide bonds. The predicted octanol–water partition coefficient (Wildman–Crippen LogP) is 3.34. The fraction of sp³-hybridized carbons (Fsp3) is 0.385. The van der Waals surface area contributed by atoms with E-state index < -0.39 is 0 Å². The average molecular weight is 299 g/mol. The highest BCUT2D eigenvalue weighted by atomic mass is 79.9. The molecule has 0 spiro atoms. The van der Waals surface area contributed by atoms with E-state index in [4.69, 9.17) is 0 Å². The quantitative estimate of drug-likeness (QED) is 0.339. The van der Waals surface area contributed by atoms with E-state index in [2.05, 4.69) is 40.0 Å². The van der Waals surface area contributed by atoms with Crippen molar-refractivity contribution in [3.63, 3.8) is 0 Å². The third-order valence-electron chi connectivity index (χ3n) is 1.99. The van der Waals surface area contributed by atoms with Crippen LogP contribution in [-0.2, 0) is 4.79 Å². The summed E-state index contributed by atoms with van der Waals surface area (Å²) in [4.78, 5) is 11.1. The lowest BCUT2D eigenvalue weighted by Crippen LogP contribution is -2.21. The van der Waals surface area contributed by atoms with Crippen LogP contribution < -0.4 is 5.43 Å². The van der Waals surface area contributed by atoms with Gasteiger partial charge in [-0.2, -0.15) is 5.10 Å². The van der Waals surface area contributed by atoms with Crippen LogP contribution in [0.1, 0.15) is 27.2 Å². The molecule has 0 aromatic carbocycles. The molecule has 0 heterocycles. The Morgan fingerprint density at radius 3 is 2.76 bits per heavy atom. The van der Waals surface area contributed by atoms with Crippen molar-refractivity contribution < 1.29 is 4.79 Å². The molecule has 0 aliphatic carbocycles. The summed E-state index contributed by atoms with van der Waals surface area (Å²) in [5.41, 5.74) is 3.29. The molecule has 0 saturated heterocycles. The van der Waals surface area contributed by atoms with Gasteiger partial charge in [0.05, 0.1) is 6.04 Å². The summed E-state index contributed by atoms with van der Waals surface area (Å²) in [5, 5.41) is 3.97. The van der Waals surface area contributed by atoms with Crippen molar-refractivity contribution in [2.24, 2.45) is 5.10 Å². The third kappa shape index (κ3) is 7.69. The first-order chi connectivity index (χ1) is 8.01. The number of carbonyl (C=O) groups excluding carboxylic acids is 1. The van der Waals surface area contributed by atoms with Gasteiger partial charge in [-0.1, -0.05) is 47.7 Å². The van der Waals surface area contributed by atoms with E-state index in [1.165, 1.54) is 6.08 Å². The number of hydrazone groups is 1. The van der Waals surface area contributed by atoms with E-state index in [9.17, 15) is 4.79 Å². The van der Waals surface area contributed by atoms with Gasteiger partial charge in [-0.05, 0) is 30.8 Å². The van der Waals surface area contributed by atoms with Gasteiger partial charge in [0.2, 0.25) is 5.78 Å². The number of halogens is 1. The molecule has 4 heteroatoms. The van der Waals surface area contributed by atoms with Crippen LogP contribution in [0, 0.1) is 0 Å². The van der Waals surface area contributed by atoms with Gasteiger partial charge in [-0.15, -0.1) is 0 Å². The van der Waals surface area contributed by atoms with Gasteiger partial charge in [-0.25, -0.2) is 0 Å². The first kappa shape index (κ1) is 15.8. The van der Waals surface area contributed by atoms with E-state index in [-0.39, 0.29) is 11.8 Å². The molecule has 0 fully saturated rings. The Morgan fingerprint density at radius 1 is 1.59 bits per heavy atom. The number of ketones is 1. The molecule has 0 radical (unpaired) electrons. The Balaban J connectivity index is 4.24. The van der Waals surface area contributed by atoms with E-state index in [1.807, 2.05) is 25.2 Å². The number of rotatable bonds is 7. The van der Waals surface area contributed by atoms with Crippen LogP contribution in [0.4, 0.5) is 0 Å². The van der Waals surface area contributed by atoms with Gasteiger partial charge in [0.15, 0.2) is 0 Å². The molecule has 0 saturated carbocycles. The molecule has 17 heavy (non-hydrogen) atoms. The summed E-state index contributed by atoms with van der Waals surface area (Å²) >= 11 is 3.42. The first-order valence-corrected chi connectivity index (χ1v) is 6.30. The minimum Gasteiger partial charge on any atom is -0.303 e. The van der Waals surface area contributed by atoms with Gasteiger partial charge in [-0.3, -0.25) is 4.79 Å². The van der Waals surface area contributed by atoms with Crippen molar-refractivity contribution >= 4 is 27.4 Å². The van der Waals surface area contributed by atoms with E-state index in [0.717, 1.165) is 10.9 Å². The zero-order valence-corrected chi connectivity index (χ0v) is 12.1. The number of hydrogen-bond acceptors (Lipinski definition) is 3. The lowest BCUT2D eigenvalue weighted by atomic mass is 10.3. The van der Waals surface area contributed by atoms with Gasteiger partial charge >= 0.3 is 0 Å². The van der Waals surface area contributed by atoms with Crippen molar-refractivity contribution in [1.82, 2.24) is 5.43 Å². The summed E-state index contributed by atoms with van der Waals surface area (Å²) in [5.74, 6) is -0.165. The molecule has 0 aromatic rings. The highest BCUT2D eigenvalue weighted by Crippen LogP contribution is 2.08. The Bertz CT molecular complexity index is 356. The third-order valence-corrected chi connectivity index (χ3v) is 2.82. The summed E-state index contributed by atoms with van der Waals surface area (Å²) in [6.45, 7) is 9.09. The van der Waals surface area contributed by atoms with E-state index in [0.29, 0.717) is 5.71 Å². The normalized spacial score (nSPS) is 14.8. The maximum atomic E-state index is 11.1. The fourth-order valence-electron chi connectivity index (χ4n) is 0.889. The SMILES string of the molecule is C=CC(=O)/C(C)=N\NC(C)/C=C\C=C(\Br)CC. The maximum Gasteiger partial charge on any atom is 0.200 e. The van der Waals surface area contributed by atoms with Crippen LogP contribution in [0.25, 0.3) is 0 Å². The molecule has 0 aromatic heterocycles. The Morgan fingerprint density at radius 2 is 2.24 bits per heavy atom. The van der Waals surface area contributed by atoms with Crippen molar-refractivity contribution in [3.05, 3.63) is 35.4 Å². The highest BCUT2D eigenvalue weighted by Gasteiger charge is 2.00. The van der Waals surface area contributed by atoms with E-state index in [1.54, 1.807) is 6.92 Å². The van der Waals surface area contributed by atoms with Crippen molar-refractivity contribution in [2.45, 2.75) is 33.2 Å². The number of carbonyl (C=O) groups is 1. The smallest absolute Gasteiger partial charge is 0.200 e. The molecule has 0 aliphatic heterocycles. The van der Waals surface area contributed by atoms with E-state index >= 15 is 0 Å². The molecule has 1 atom stereocenters. The topological polar surface area (TPSA) is 41.5 Å². The zero-order chi connectivity index (χ0) is 13.3. The largest absolute Gasteiger partial charge is 0.303 e. The Kier molecular flexibility index (Phi) is 8.32. The molecule has 3 nitrogen and oxygen atoms in total. The lowest BCUT2D eigenvalue weighted by Gasteiger charge is -2.05. The van der Waals surface area contributed by atoms with Crippen molar-refractivity contribution in [2.75, 3.05) is 0 Å². The summed E-state index contributed by atoms with van der Waals surface area (Å²) in [6.07, 6.45) is 8.13. The predicted molar refractivity (Wildman–Crippen MR) is 77.4 cm³/mol. The molecular formula is C13H19BrN2O. The number of hydrogen-bond donors (Lipinski definition) is 1. The van der Waals surface area contributed by atoms with Gasteiger partial charge in [0.1, 0.15) is 5.71 Å². The van der Waals surface area contributed by atoms with Crippen LogP contribution in [0.5, 0.6) is 0 Å². The second-order valence-corrected chi connectivity index (χ2v) is 4.55. The van der Waals surface area contributed by atoms with Crippen molar-refractivity contribution in [3.8, 4) is 0 Å². The monoisotopic (exact) mass is 298 g/mol. The summed E-state index contributed by atoms with van der Waals surface area (Å²) in [6, 6.07) is 0.0657. The van der Waals surface area contributed by atoms with Gasteiger partial charge in [0.25, 0.3) is 0 Å². The molecular weight excluding hydrogens is 280 g/mol. The highest BCUT2D eigenvalue weighted by molar-refractivity contribution is 9.11. The minimum absolute atomic E-state index is 0.0657. The molecule has 1 unspecified atom stereocenters. The molecule has 0 bridgehead atoms. The second kappa shape index (κ2) is 8.93. The zero-order valence-electron chi connectivity index (χ0n) is 10.5. The molecule has 94 valence electrons. The number of allylic oxidation sites excluding steroid dienone is 4. The number of nitrogens with one attached hydrogen (secondary N) is 1. The Hall–Kier alpha value is -1.16. The van der Waals surface area contributed by atoms with Gasteiger partial charge < -0.3 is 5.43 Å². The summed E-state index contributed by atoms with van der Waals surface area (Å²) < 4.78 is 1.14. The number of nitrogens with zero attached hydrogens (tertiary/aromatic N) is 1. The van der Waals surface area contributed by atoms with Crippen LogP contribution in [0.3, 0.4) is 0 Å². The molecule has 0 rings (SSSR count). The first-order valence-electron chi connectivity index (χ1n) is 5.50. The minimum atomic E-state index is -0.165. The fourth-order valence-corrected chi connectivity index (χ4v) is 1.04. The van der Waals surface area contributed by atoms with Crippen LogP contribution >= 0.6 is 15.9 Å². The van der Waals surface area contributed by atoms with Crippen LogP contribution in [0.2, 0.25) is 0 Å². The molecule has 0 aliphatic rings. The average Bonchev–Trinajstić information content (AvgIpc) is 2.34. The van der Waals surface area contributed by atoms with Crippen molar-refractivity contribution in [1.29, 1.82) is 0 Å². The van der Waals surface area contributed by atoms with Gasteiger partial charge in [0, 0.05) is 0 Å². The second-order valence-electron chi connectivity index (χ2n) is 3.54. The Labute approximate surface area is 111 Å². The standard InChI is InChI=1S/C13H19BrN2O/c1-5-12(14)9-7-8-10(3)15-16-11(4)13(17)6-2/h6-10,15H,2,5H2,1,3-4H3/b8-7-,12-9+,16-11-. The maximum absolute atomic E-state index is 11.1. The summed E-state index contributed by atoms with van der Waals surface area (Å²) in [7, 11) is 0. The molecule has 1 N–H and O–H groups in total.